The molecule has 90 valence electrons. The van der Waals surface area contributed by atoms with Crippen LogP contribution in [-0.2, 0) is 6.61 Å². The molecular formula is C13H9ClN2OS. The number of fused-ring (bicyclic) bond motifs is 1. The van der Waals surface area contributed by atoms with Crippen LogP contribution in [0.15, 0.2) is 36.7 Å². The Morgan fingerprint density at radius 1 is 1.22 bits per heavy atom. The van der Waals surface area contributed by atoms with Crippen molar-refractivity contribution >= 4 is 33.8 Å². The summed E-state index contributed by atoms with van der Waals surface area (Å²) in [7, 11) is 0. The van der Waals surface area contributed by atoms with Crippen LogP contribution in [0.2, 0.25) is 5.02 Å². The van der Waals surface area contributed by atoms with E-state index >= 15 is 0 Å². The summed E-state index contributed by atoms with van der Waals surface area (Å²) in [4.78, 5) is 9.52. The molecule has 0 radical (unpaired) electrons. The molecule has 3 nitrogen and oxygen atoms in total. The summed E-state index contributed by atoms with van der Waals surface area (Å²) in [5.74, 6) is 0. The van der Waals surface area contributed by atoms with E-state index in [0.29, 0.717) is 5.02 Å². The van der Waals surface area contributed by atoms with Crippen molar-refractivity contribution in [2.45, 2.75) is 6.61 Å². The standard InChI is InChI=1S/C13H9ClN2OS/c14-11-4-3-10(12-9(11)2-1-5-15-12)13-16-6-8(7-17)18-13/h1-6,17H,7H2. The third kappa shape index (κ3) is 1.88. The fourth-order valence-electron chi connectivity index (χ4n) is 1.82. The fourth-order valence-corrected chi connectivity index (χ4v) is 2.83. The first-order chi connectivity index (χ1) is 8.79. The van der Waals surface area contributed by atoms with Gasteiger partial charge in [-0.05, 0) is 24.3 Å². The largest absolute Gasteiger partial charge is 0.391 e. The van der Waals surface area contributed by atoms with Gasteiger partial charge in [0.2, 0.25) is 0 Å². The van der Waals surface area contributed by atoms with Gasteiger partial charge in [-0.2, -0.15) is 0 Å². The van der Waals surface area contributed by atoms with Gasteiger partial charge in [0.05, 0.1) is 22.0 Å². The van der Waals surface area contributed by atoms with Gasteiger partial charge >= 0.3 is 0 Å². The van der Waals surface area contributed by atoms with Crippen molar-refractivity contribution in [3.63, 3.8) is 0 Å². The molecule has 0 aliphatic rings. The van der Waals surface area contributed by atoms with Crippen LogP contribution in [0.25, 0.3) is 21.5 Å². The molecule has 0 unspecified atom stereocenters. The van der Waals surface area contributed by atoms with Crippen LogP contribution in [0.3, 0.4) is 0 Å². The Balaban J connectivity index is 2.26. The Kier molecular flexibility index (Phi) is 2.99. The molecule has 2 heterocycles. The SMILES string of the molecule is OCc1cnc(-c2ccc(Cl)c3cccnc23)s1. The van der Waals surface area contributed by atoms with Gasteiger partial charge in [0.25, 0.3) is 0 Å². The monoisotopic (exact) mass is 276 g/mol. The minimum Gasteiger partial charge on any atom is -0.391 e. The Labute approximate surface area is 113 Å². The van der Waals surface area contributed by atoms with Crippen molar-refractivity contribution in [3.8, 4) is 10.6 Å². The molecule has 0 aliphatic carbocycles. The van der Waals surface area contributed by atoms with Gasteiger partial charge in [-0.25, -0.2) is 4.98 Å². The molecule has 0 saturated carbocycles. The summed E-state index contributed by atoms with van der Waals surface area (Å²) in [5.41, 5.74) is 1.78. The van der Waals surface area contributed by atoms with Gasteiger partial charge in [-0.15, -0.1) is 11.3 Å². The van der Waals surface area contributed by atoms with Gasteiger partial charge in [0, 0.05) is 23.3 Å². The highest BCUT2D eigenvalue weighted by atomic mass is 35.5. The second-order valence-corrected chi connectivity index (χ2v) is 5.31. The topological polar surface area (TPSA) is 46.0 Å². The number of thiazole rings is 1. The summed E-state index contributed by atoms with van der Waals surface area (Å²) in [5, 5.41) is 11.5. The fraction of sp³-hybridized carbons (Fsp3) is 0.0769. The first-order valence-corrected chi connectivity index (χ1v) is 6.58. The molecule has 2 aromatic heterocycles. The number of benzene rings is 1. The van der Waals surface area contributed by atoms with E-state index in [1.165, 1.54) is 11.3 Å². The van der Waals surface area contributed by atoms with Crippen LogP contribution >= 0.6 is 22.9 Å². The van der Waals surface area contributed by atoms with Crippen molar-refractivity contribution in [1.82, 2.24) is 9.97 Å². The van der Waals surface area contributed by atoms with Crippen molar-refractivity contribution in [2.75, 3.05) is 0 Å². The molecule has 3 rings (SSSR count). The predicted molar refractivity (Wildman–Crippen MR) is 73.8 cm³/mol. The lowest BCUT2D eigenvalue weighted by Crippen LogP contribution is -1.84. The zero-order chi connectivity index (χ0) is 12.5. The first-order valence-electron chi connectivity index (χ1n) is 5.39. The highest BCUT2D eigenvalue weighted by Crippen LogP contribution is 2.33. The Morgan fingerprint density at radius 2 is 2.11 bits per heavy atom. The minimum atomic E-state index is 0.0105. The summed E-state index contributed by atoms with van der Waals surface area (Å²) >= 11 is 7.61. The summed E-state index contributed by atoms with van der Waals surface area (Å²) in [6, 6.07) is 7.56. The van der Waals surface area contributed by atoms with E-state index in [1.54, 1.807) is 12.4 Å². The van der Waals surface area contributed by atoms with Crippen LogP contribution in [0.1, 0.15) is 4.88 Å². The highest BCUT2D eigenvalue weighted by molar-refractivity contribution is 7.15. The zero-order valence-electron chi connectivity index (χ0n) is 9.30. The van der Waals surface area contributed by atoms with Crippen molar-refractivity contribution < 1.29 is 5.11 Å². The van der Waals surface area contributed by atoms with E-state index in [0.717, 1.165) is 26.4 Å². The molecule has 0 bridgehead atoms. The van der Waals surface area contributed by atoms with Crippen LogP contribution in [0, 0.1) is 0 Å². The third-order valence-corrected chi connectivity index (χ3v) is 4.00. The van der Waals surface area contributed by atoms with Crippen LogP contribution in [0.5, 0.6) is 0 Å². The molecule has 0 aliphatic heterocycles. The van der Waals surface area contributed by atoms with Crippen LogP contribution < -0.4 is 0 Å². The Bertz CT molecular complexity index is 711. The number of pyridine rings is 1. The van der Waals surface area contributed by atoms with E-state index in [-0.39, 0.29) is 6.61 Å². The number of hydrogen-bond acceptors (Lipinski definition) is 4. The van der Waals surface area contributed by atoms with Crippen molar-refractivity contribution in [2.24, 2.45) is 0 Å². The van der Waals surface area contributed by atoms with E-state index in [2.05, 4.69) is 9.97 Å². The molecule has 3 aromatic rings. The zero-order valence-corrected chi connectivity index (χ0v) is 10.9. The maximum atomic E-state index is 9.09. The average Bonchev–Trinajstić information content (AvgIpc) is 2.88. The van der Waals surface area contributed by atoms with Gasteiger partial charge in [-0.3, -0.25) is 4.98 Å². The lowest BCUT2D eigenvalue weighted by Gasteiger charge is -2.04. The van der Waals surface area contributed by atoms with E-state index in [1.807, 2.05) is 24.3 Å². The Hall–Kier alpha value is -1.49. The van der Waals surface area contributed by atoms with E-state index in [9.17, 15) is 0 Å². The second kappa shape index (κ2) is 4.65. The number of aliphatic hydroxyl groups excluding tert-OH is 1. The molecule has 0 amide bonds. The number of rotatable bonds is 2. The molecule has 0 spiro atoms. The van der Waals surface area contributed by atoms with E-state index < -0.39 is 0 Å². The van der Waals surface area contributed by atoms with Crippen LogP contribution in [0.4, 0.5) is 0 Å². The third-order valence-electron chi connectivity index (χ3n) is 2.66. The number of nitrogens with zero attached hydrogens (tertiary/aromatic N) is 2. The normalized spacial score (nSPS) is 11.0. The number of halogens is 1. The van der Waals surface area contributed by atoms with Gasteiger partial charge in [0.1, 0.15) is 5.01 Å². The quantitative estimate of drug-likeness (QED) is 0.779. The van der Waals surface area contributed by atoms with Crippen molar-refractivity contribution in [3.05, 3.63) is 46.6 Å². The molecular weight excluding hydrogens is 268 g/mol. The second-order valence-electron chi connectivity index (χ2n) is 3.78. The first kappa shape index (κ1) is 11.6. The molecule has 5 heteroatoms. The predicted octanol–water partition coefficient (Wildman–Crippen LogP) is 3.50. The lowest BCUT2D eigenvalue weighted by molar-refractivity contribution is 0.285. The Morgan fingerprint density at radius 3 is 2.89 bits per heavy atom. The maximum absolute atomic E-state index is 9.09. The van der Waals surface area contributed by atoms with Crippen LogP contribution in [-0.4, -0.2) is 15.1 Å². The average molecular weight is 277 g/mol. The molecule has 1 aromatic carbocycles. The molecule has 0 saturated heterocycles. The van der Waals surface area contributed by atoms with Gasteiger partial charge in [-0.1, -0.05) is 11.6 Å². The van der Waals surface area contributed by atoms with Gasteiger partial charge < -0.3 is 5.11 Å². The summed E-state index contributed by atoms with van der Waals surface area (Å²) in [6.45, 7) is 0.0105. The molecule has 0 atom stereocenters. The van der Waals surface area contributed by atoms with Crippen molar-refractivity contribution in [1.29, 1.82) is 0 Å². The molecule has 1 N–H and O–H groups in total. The minimum absolute atomic E-state index is 0.0105. The molecule has 0 fully saturated rings. The number of aromatic nitrogens is 2. The summed E-state index contributed by atoms with van der Waals surface area (Å²) < 4.78 is 0. The maximum Gasteiger partial charge on any atom is 0.125 e. The number of hydrogen-bond donors (Lipinski definition) is 1. The smallest absolute Gasteiger partial charge is 0.125 e. The van der Waals surface area contributed by atoms with Gasteiger partial charge in [0.15, 0.2) is 0 Å². The highest BCUT2D eigenvalue weighted by Gasteiger charge is 2.10. The molecule has 18 heavy (non-hydrogen) atoms. The summed E-state index contributed by atoms with van der Waals surface area (Å²) in [6.07, 6.45) is 3.42. The number of aliphatic hydroxyl groups is 1. The lowest BCUT2D eigenvalue weighted by atomic mass is 10.1. The van der Waals surface area contributed by atoms with E-state index in [4.69, 9.17) is 16.7 Å².